The molecule has 0 aromatic heterocycles. The van der Waals surface area contributed by atoms with Gasteiger partial charge in [0.05, 0.1) is 0 Å². The van der Waals surface area contributed by atoms with Crippen molar-refractivity contribution >= 4 is 71.6 Å². The van der Waals surface area contributed by atoms with E-state index in [1.165, 1.54) is 15.9 Å². The fourth-order valence-electron chi connectivity index (χ4n) is 2.18. The van der Waals surface area contributed by atoms with Crippen LogP contribution in [0, 0.1) is 0 Å². The Morgan fingerprint density at radius 1 is 0.478 bits per heavy atom. The zero-order valence-corrected chi connectivity index (χ0v) is 18.0. The van der Waals surface area contributed by atoms with Crippen molar-refractivity contribution in [2.45, 2.75) is 2.65 Å². The van der Waals surface area contributed by atoms with E-state index in [0.717, 1.165) is 0 Å². The molecule has 0 amide bonds. The summed E-state index contributed by atoms with van der Waals surface area (Å²) in [5.74, 6) is 0. The second-order valence-electron chi connectivity index (χ2n) is 4.59. The molecule has 23 heavy (non-hydrogen) atoms. The molecule has 0 bridgehead atoms. The second-order valence-corrected chi connectivity index (χ2v) is 13.2. The van der Waals surface area contributed by atoms with Crippen molar-refractivity contribution in [2.75, 3.05) is 0 Å². The highest BCUT2D eigenvalue weighted by molar-refractivity contribution is 9.38. The van der Waals surface area contributed by atoms with E-state index in [9.17, 15) is 0 Å². The van der Waals surface area contributed by atoms with Crippen molar-refractivity contribution in [3.8, 4) is 0 Å². The zero-order valence-electron chi connectivity index (χ0n) is 12.3. The molecule has 0 aliphatic carbocycles. The lowest BCUT2D eigenvalue weighted by molar-refractivity contribution is 1.74. The van der Waals surface area contributed by atoms with Gasteiger partial charge in [0.25, 0.3) is 0 Å². The van der Waals surface area contributed by atoms with E-state index >= 15 is 0 Å². The molecular weight excluding hydrogens is 499 g/mol. The first-order valence-corrected chi connectivity index (χ1v) is 11.1. The number of rotatable bonds is 3. The summed E-state index contributed by atoms with van der Waals surface area (Å²) in [5, 5.41) is 4.19. The maximum atomic E-state index is 3.10. The van der Waals surface area contributed by atoms with Crippen molar-refractivity contribution in [1.29, 1.82) is 0 Å². The first kappa shape index (κ1) is 18.9. The standard InChI is InChI=1S/C18H15P.CHBr3/c1-4-10-16(11-5-1)19(17-12-6-2-7-13-17)18-14-8-3-9-15-18;2-1(3)4/h1-15H;1H. The Balaban J connectivity index is 0.000000433. The van der Waals surface area contributed by atoms with Crippen LogP contribution < -0.4 is 15.9 Å². The Morgan fingerprint density at radius 3 is 0.913 bits per heavy atom. The number of hydrogen-bond donors (Lipinski definition) is 0. The summed E-state index contributed by atoms with van der Waals surface area (Å²) >= 11 is 9.31. The topological polar surface area (TPSA) is 0 Å². The highest BCUT2D eigenvalue weighted by Crippen LogP contribution is 2.32. The molecule has 0 unspecified atom stereocenters. The molecule has 0 aliphatic heterocycles. The normalized spacial score (nSPS) is 10.3. The molecule has 0 aliphatic rings. The maximum Gasteiger partial charge on any atom is 0.124 e. The molecule has 0 atom stereocenters. The molecule has 0 fully saturated rings. The molecule has 0 saturated carbocycles. The molecule has 0 heterocycles. The highest BCUT2D eigenvalue weighted by Gasteiger charge is 2.14. The molecule has 0 nitrogen and oxygen atoms in total. The lowest BCUT2D eigenvalue weighted by atomic mass is 10.4. The molecule has 3 aromatic rings. The molecular formula is C19H16Br3P. The first-order chi connectivity index (χ1) is 11.2. The van der Waals surface area contributed by atoms with Crippen LogP contribution in [0.15, 0.2) is 91.0 Å². The number of halogens is 3. The van der Waals surface area contributed by atoms with Gasteiger partial charge in [0.1, 0.15) is 2.65 Å². The third-order valence-electron chi connectivity index (χ3n) is 3.04. The van der Waals surface area contributed by atoms with Crippen LogP contribution in [-0.4, -0.2) is 2.65 Å². The quantitative estimate of drug-likeness (QED) is 0.301. The van der Waals surface area contributed by atoms with Crippen LogP contribution in [0.1, 0.15) is 0 Å². The van der Waals surface area contributed by atoms with E-state index in [-0.39, 0.29) is 2.65 Å². The Labute approximate surface area is 164 Å². The fraction of sp³-hybridized carbons (Fsp3) is 0.0526. The van der Waals surface area contributed by atoms with E-state index in [0.29, 0.717) is 0 Å². The largest absolute Gasteiger partial charge is 0.124 e. The van der Waals surface area contributed by atoms with Crippen molar-refractivity contribution in [1.82, 2.24) is 0 Å². The van der Waals surface area contributed by atoms with Gasteiger partial charge in [-0.05, 0) is 23.8 Å². The average Bonchev–Trinajstić information content (AvgIpc) is 2.58. The van der Waals surface area contributed by atoms with Crippen LogP contribution in [0.2, 0.25) is 0 Å². The third kappa shape index (κ3) is 6.51. The van der Waals surface area contributed by atoms with Gasteiger partial charge in [-0.3, -0.25) is 0 Å². The SMILES string of the molecule is BrC(Br)Br.c1ccc(P(c2ccccc2)c2ccccc2)cc1. The van der Waals surface area contributed by atoms with Crippen molar-refractivity contribution in [3.05, 3.63) is 91.0 Å². The summed E-state index contributed by atoms with van der Waals surface area (Å²) in [6, 6.07) is 32.3. The van der Waals surface area contributed by atoms with Gasteiger partial charge < -0.3 is 0 Å². The number of benzene rings is 3. The predicted octanol–water partition coefficient (Wildman–Crippen LogP) is 5.90. The van der Waals surface area contributed by atoms with E-state index in [4.69, 9.17) is 0 Å². The monoisotopic (exact) mass is 512 g/mol. The van der Waals surface area contributed by atoms with Crippen LogP contribution in [0.25, 0.3) is 0 Å². The van der Waals surface area contributed by atoms with Crippen LogP contribution in [0.5, 0.6) is 0 Å². The highest BCUT2D eigenvalue weighted by atomic mass is 80.0. The Hall–Kier alpha value is -0.470. The smallest absolute Gasteiger partial charge is 0.0637 e. The van der Waals surface area contributed by atoms with E-state index in [1.54, 1.807) is 0 Å². The lowest BCUT2D eigenvalue weighted by Gasteiger charge is -2.18. The van der Waals surface area contributed by atoms with Crippen molar-refractivity contribution < 1.29 is 0 Å². The second kappa shape index (κ2) is 10.4. The molecule has 0 N–H and O–H groups in total. The molecule has 0 radical (unpaired) electrons. The number of hydrogen-bond acceptors (Lipinski definition) is 0. The van der Waals surface area contributed by atoms with Crippen LogP contribution in [0.3, 0.4) is 0 Å². The van der Waals surface area contributed by atoms with Crippen LogP contribution in [-0.2, 0) is 0 Å². The summed E-state index contributed by atoms with van der Waals surface area (Å²) < 4.78 is 0.271. The summed E-state index contributed by atoms with van der Waals surface area (Å²) in [7, 11) is -0.446. The van der Waals surface area contributed by atoms with Gasteiger partial charge in [-0.1, -0.05) is 139 Å². The van der Waals surface area contributed by atoms with Crippen LogP contribution >= 0.6 is 55.7 Å². The first-order valence-electron chi connectivity index (χ1n) is 7.06. The van der Waals surface area contributed by atoms with Gasteiger partial charge in [0.15, 0.2) is 0 Å². The third-order valence-corrected chi connectivity index (χ3v) is 5.49. The summed E-state index contributed by atoms with van der Waals surface area (Å²) in [4.78, 5) is 0. The van der Waals surface area contributed by atoms with Gasteiger partial charge in [0.2, 0.25) is 0 Å². The molecule has 3 rings (SSSR count). The Kier molecular flexibility index (Phi) is 8.53. The molecule has 4 heteroatoms. The Bertz CT molecular complexity index is 576. The fourth-order valence-corrected chi connectivity index (χ4v) is 4.48. The average molecular weight is 515 g/mol. The zero-order chi connectivity index (χ0) is 16.5. The molecule has 118 valence electrons. The number of alkyl halides is 3. The summed E-state index contributed by atoms with van der Waals surface area (Å²) in [6.07, 6.45) is 0. The summed E-state index contributed by atoms with van der Waals surface area (Å²) in [5.41, 5.74) is 0. The lowest BCUT2D eigenvalue weighted by Crippen LogP contribution is -2.20. The minimum absolute atomic E-state index is 0.271. The van der Waals surface area contributed by atoms with E-state index < -0.39 is 7.92 Å². The van der Waals surface area contributed by atoms with E-state index in [2.05, 4.69) is 139 Å². The molecule has 0 saturated heterocycles. The van der Waals surface area contributed by atoms with Gasteiger partial charge in [-0.15, -0.1) is 0 Å². The Morgan fingerprint density at radius 2 is 0.696 bits per heavy atom. The van der Waals surface area contributed by atoms with Crippen molar-refractivity contribution in [2.24, 2.45) is 0 Å². The van der Waals surface area contributed by atoms with Gasteiger partial charge in [0, 0.05) is 0 Å². The van der Waals surface area contributed by atoms with Crippen LogP contribution in [0.4, 0.5) is 0 Å². The maximum absolute atomic E-state index is 3.10. The minimum Gasteiger partial charge on any atom is -0.0637 e. The predicted molar refractivity (Wildman–Crippen MR) is 116 cm³/mol. The molecule has 3 aromatic carbocycles. The van der Waals surface area contributed by atoms with Crippen molar-refractivity contribution in [3.63, 3.8) is 0 Å². The summed E-state index contributed by atoms with van der Waals surface area (Å²) in [6.45, 7) is 0. The van der Waals surface area contributed by atoms with E-state index in [1.807, 2.05) is 0 Å². The molecule has 0 spiro atoms. The minimum atomic E-state index is -0.446. The van der Waals surface area contributed by atoms with Gasteiger partial charge >= 0.3 is 0 Å². The van der Waals surface area contributed by atoms with Gasteiger partial charge in [-0.2, -0.15) is 0 Å². The van der Waals surface area contributed by atoms with Gasteiger partial charge in [-0.25, -0.2) is 0 Å².